The standard InChI is InChI=1S/C18H14BrN/c19-15-10-8-12-6-7-13-9-11-16(18(15)17(12)13)20-14-4-2-1-3-5-14/h1-5,8-11,20H,6-7H2. The molecule has 1 nitrogen and oxygen atoms in total. The van der Waals surface area contributed by atoms with Crippen molar-refractivity contribution in [1.82, 2.24) is 0 Å². The summed E-state index contributed by atoms with van der Waals surface area (Å²) >= 11 is 3.72. The number of para-hydroxylation sites is 1. The summed E-state index contributed by atoms with van der Waals surface area (Å²) in [5.74, 6) is 0. The highest BCUT2D eigenvalue weighted by molar-refractivity contribution is 9.10. The van der Waals surface area contributed by atoms with Gasteiger partial charge in [0, 0.05) is 21.2 Å². The number of rotatable bonds is 2. The molecule has 0 heterocycles. The lowest BCUT2D eigenvalue weighted by Gasteiger charge is -2.13. The topological polar surface area (TPSA) is 12.0 Å². The maximum atomic E-state index is 3.72. The minimum absolute atomic E-state index is 1.12. The Labute approximate surface area is 126 Å². The summed E-state index contributed by atoms with van der Waals surface area (Å²) in [6, 6.07) is 19.2. The third-order valence-electron chi connectivity index (χ3n) is 4.00. The van der Waals surface area contributed by atoms with Crippen molar-refractivity contribution in [1.29, 1.82) is 0 Å². The van der Waals surface area contributed by atoms with Crippen molar-refractivity contribution in [2.75, 3.05) is 5.32 Å². The molecule has 0 fully saturated rings. The van der Waals surface area contributed by atoms with Gasteiger partial charge in [0.05, 0.1) is 0 Å². The third-order valence-corrected chi connectivity index (χ3v) is 4.66. The molecule has 1 aliphatic carbocycles. The number of aryl methyl sites for hydroxylation is 2. The van der Waals surface area contributed by atoms with E-state index in [9.17, 15) is 0 Å². The lowest BCUT2D eigenvalue weighted by molar-refractivity contribution is 1.02. The zero-order chi connectivity index (χ0) is 13.5. The number of nitrogens with one attached hydrogen (secondary N) is 1. The van der Waals surface area contributed by atoms with Crippen molar-refractivity contribution in [3.05, 3.63) is 70.2 Å². The number of hydrogen-bond acceptors (Lipinski definition) is 1. The molecule has 0 bridgehead atoms. The van der Waals surface area contributed by atoms with Crippen LogP contribution < -0.4 is 5.32 Å². The predicted molar refractivity (Wildman–Crippen MR) is 88.8 cm³/mol. The smallest absolute Gasteiger partial charge is 0.0475 e. The fourth-order valence-corrected chi connectivity index (χ4v) is 3.61. The van der Waals surface area contributed by atoms with Gasteiger partial charge in [-0.2, -0.15) is 0 Å². The van der Waals surface area contributed by atoms with E-state index in [0.29, 0.717) is 0 Å². The summed E-state index contributed by atoms with van der Waals surface area (Å²) < 4.78 is 1.17. The molecular formula is C18H14BrN. The summed E-state index contributed by atoms with van der Waals surface area (Å²) in [5.41, 5.74) is 5.23. The maximum absolute atomic E-state index is 3.72. The first-order chi connectivity index (χ1) is 9.83. The lowest BCUT2D eigenvalue weighted by Crippen LogP contribution is -1.93. The van der Waals surface area contributed by atoms with Gasteiger partial charge in [-0.1, -0.05) is 46.3 Å². The zero-order valence-electron chi connectivity index (χ0n) is 11.0. The Balaban J connectivity index is 1.93. The van der Waals surface area contributed by atoms with Crippen LogP contribution in [0.3, 0.4) is 0 Å². The monoisotopic (exact) mass is 323 g/mol. The van der Waals surface area contributed by atoms with Crippen molar-refractivity contribution in [2.45, 2.75) is 12.8 Å². The Morgan fingerprint density at radius 2 is 1.45 bits per heavy atom. The molecule has 0 radical (unpaired) electrons. The molecule has 0 saturated heterocycles. The molecule has 0 saturated carbocycles. The van der Waals surface area contributed by atoms with Gasteiger partial charge in [0.1, 0.15) is 0 Å². The second kappa shape index (κ2) is 4.64. The Hall–Kier alpha value is -1.80. The van der Waals surface area contributed by atoms with E-state index in [-0.39, 0.29) is 0 Å². The molecule has 0 aromatic heterocycles. The fourth-order valence-electron chi connectivity index (χ4n) is 3.07. The Bertz CT molecular complexity index is 783. The zero-order valence-corrected chi connectivity index (χ0v) is 12.6. The van der Waals surface area contributed by atoms with Gasteiger partial charge in [-0.3, -0.25) is 0 Å². The summed E-state index contributed by atoms with van der Waals surface area (Å²) in [4.78, 5) is 0. The number of anilines is 2. The third kappa shape index (κ3) is 1.83. The Morgan fingerprint density at radius 3 is 2.20 bits per heavy atom. The van der Waals surface area contributed by atoms with Crippen LogP contribution in [0.1, 0.15) is 11.1 Å². The average Bonchev–Trinajstić information content (AvgIpc) is 2.89. The van der Waals surface area contributed by atoms with Gasteiger partial charge >= 0.3 is 0 Å². The van der Waals surface area contributed by atoms with Gasteiger partial charge in [-0.15, -0.1) is 0 Å². The first kappa shape index (κ1) is 12.0. The molecule has 4 rings (SSSR count). The van der Waals surface area contributed by atoms with E-state index >= 15 is 0 Å². The van der Waals surface area contributed by atoms with E-state index in [1.165, 1.54) is 32.1 Å². The van der Waals surface area contributed by atoms with Gasteiger partial charge in [0.2, 0.25) is 0 Å². The SMILES string of the molecule is Brc1ccc2c3c(ccc(Nc4ccccc4)c13)CC2. The van der Waals surface area contributed by atoms with Crippen LogP contribution in [0.2, 0.25) is 0 Å². The molecular weight excluding hydrogens is 310 g/mol. The molecule has 0 aliphatic heterocycles. The Morgan fingerprint density at radius 1 is 0.750 bits per heavy atom. The van der Waals surface area contributed by atoms with Crippen LogP contribution in [0.5, 0.6) is 0 Å². The van der Waals surface area contributed by atoms with Crippen LogP contribution in [0, 0.1) is 0 Å². The minimum atomic E-state index is 1.12. The molecule has 2 heteroatoms. The molecule has 3 aromatic rings. The van der Waals surface area contributed by atoms with E-state index in [4.69, 9.17) is 0 Å². The van der Waals surface area contributed by atoms with Crippen molar-refractivity contribution < 1.29 is 0 Å². The van der Waals surface area contributed by atoms with Crippen LogP contribution in [0.25, 0.3) is 10.8 Å². The molecule has 1 aliphatic rings. The van der Waals surface area contributed by atoms with Gasteiger partial charge in [0.15, 0.2) is 0 Å². The van der Waals surface area contributed by atoms with Crippen LogP contribution in [-0.2, 0) is 12.8 Å². The second-order valence-corrected chi connectivity index (χ2v) is 6.07. The van der Waals surface area contributed by atoms with Crippen LogP contribution in [0.4, 0.5) is 11.4 Å². The number of benzene rings is 3. The van der Waals surface area contributed by atoms with Crippen molar-refractivity contribution >= 4 is 38.1 Å². The van der Waals surface area contributed by atoms with Crippen LogP contribution in [0.15, 0.2) is 59.1 Å². The van der Waals surface area contributed by atoms with Crippen molar-refractivity contribution in [3.63, 3.8) is 0 Å². The van der Waals surface area contributed by atoms with E-state index in [2.05, 4.69) is 69.8 Å². The molecule has 0 unspecified atom stereocenters. The normalized spacial score (nSPS) is 12.8. The largest absolute Gasteiger partial charge is 0.355 e. The predicted octanol–water partition coefficient (Wildman–Crippen LogP) is 5.44. The summed E-state index contributed by atoms with van der Waals surface area (Å²) in [5, 5.41) is 6.28. The highest BCUT2D eigenvalue weighted by Gasteiger charge is 2.17. The highest BCUT2D eigenvalue weighted by atomic mass is 79.9. The molecule has 1 N–H and O–H groups in total. The summed E-state index contributed by atoms with van der Waals surface area (Å²) in [7, 11) is 0. The van der Waals surface area contributed by atoms with Crippen molar-refractivity contribution in [3.8, 4) is 0 Å². The maximum Gasteiger partial charge on any atom is 0.0475 e. The minimum Gasteiger partial charge on any atom is -0.355 e. The lowest BCUT2D eigenvalue weighted by atomic mass is 10.0. The molecule has 20 heavy (non-hydrogen) atoms. The number of halogens is 1. The van der Waals surface area contributed by atoms with Crippen LogP contribution in [-0.4, -0.2) is 0 Å². The van der Waals surface area contributed by atoms with E-state index < -0.39 is 0 Å². The fraction of sp³-hybridized carbons (Fsp3) is 0.111. The first-order valence-electron chi connectivity index (χ1n) is 6.88. The van der Waals surface area contributed by atoms with E-state index in [0.717, 1.165) is 18.5 Å². The van der Waals surface area contributed by atoms with Crippen molar-refractivity contribution in [2.24, 2.45) is 0 Å². The van der Waals surface area contributed by atoms with Gasteiger partial charge < -0.3 is 5.32 Å². The highest BCUT2D eigenvalue weighted by Crippen LogP contribution is 2.40. The average molecular weight is 324 g/mol. The van der Waals surface area contributed by atoms with Gasteiger partial charge in [-0.05, 0) is 53.6 Å². The van der Waals surface area contributed by atoms with Crippen LogP contribution >= 0.6 is 15.9 Å². The van der Waals surface area contributed by atoms with Gasteiger partial charge in [-0.25, -0.2) is 0 Å². The quantitative estimate of drug-likeness (QED) is 0.661. The molecule has 98 valence electrons. The van der Waals surface area contributed by atoms with Gasteiger partial charge in [0.25, 0.3) is 0 Å². The first-order valence-corrected chi connectivity index (χ1v) is 7.67. The molecule has 0 amide bonds. The molecule has 3 aromatic carbocycles. The summed E-state index contributed by atoms with van der Waals surface area (Å²) in [6.45, 7) is 0. The van der Waals surface area contributed by atoms with E-state index in [1.54, 1.807) is 0 Å². The molecule has 0 spiro atoms. The molecule has 0 atom stereocenters. The number of hydrogen-bond donors (Lipinski definition) is 1. The second-order valence-electron chi connectivity index (χ2n) is 5.22. The summed E-state index contributed by atoms with van der Waals surface area (Å²) in [6.07, 6.45) is 2.32. The van der Waals surface area contributed by atoms with E-state index in [1.807, 2.05) is 6.07 Å². The Kier molecular flexibility index (Phi) is 2.78.